The van der Waals surface area contributed by atoms with E-state index in [1.807, 2.05) is 4.90 Å². The number of carbonyl (C=O) groups is 1. The monoisotopic (exact) mass is 310 g/mol. The Hall–Kier alpha value is -2.36. The summed E-state index contributed by atoms with van der Waals surface area (Å²) < 4.78 is 0. The normalized spacial score (nSPS) is 17.2. The smallest absolute Gasteiger partial charge is 0.255 e. The number of hydrogen-bond acceptors (Lipinski definition) is 2. The minimum absolute atomic E-state index is 0.0221. The lowest BCUT2D eigenvalue weighted by Gasteiger charge is -2.40. The van der Waals surface area contributed by atoms with Crippen molar-refractivity contribution in [1.82, 2.24) is 9.88 Å². The van der Waals surface area contributed by atoms with Gasteiger partial charge < -0.3 is 9.88 Å². The summed E-state index contributed by atoms with van der Waals surface area (Å²) in [6.45, 7) is 7.10. The molecule has 0 saturated heterocycles. The van der Waals surface area contributed by atoms with Crippen molar-refractivity contribution in [2.75, 3.05) is 6.54 Å². The molecule has 0 fully saturated rings. The predicted octanol–water partition coefficient (Wildman–Crippen LogP) is 3.08. The van der Waals surface area contributed by atoms with E-state index >= 15 is 0 Å². The summed E-state index contributed by atoms with van der Waals surface area (Å²) in [5, 5.41) is 0. The van der Waals surface area contributed by atoms with E-state index in [2.05, 4.69) is 44.0 Å². The summed E-state index contributed by atoms with van der Waals surface area (Å²) in [7, 11) is 0. The van der Waals surface area contributed by atoms with Crippen molar-refractivity contribution in [2.24, 2.45) is 5.92 Å². The van der Waals surface area contributed by atoms with Gasteiger partial charge in [-0.05, 0) is 36.5 Å². The van der Waals surface area contributed by atoms with Crippen LogP contribution in [0.25, 0.3) is 0 Å². The number of aromatic nitrogens is 1. The van der Waals surface area contributed by atoms with Gasteiger partial charge in [0.25, 0.3) is 5.91 Å². The van der Waals surface area contributed by atoms with Crippen LogP contribution in [0.3, 0.4) is 0 Å². The van der Waals surface area contributed by atoms with Crippen molar-refractivity contribution in [1.29, 1.82) is 0 Å². The molecule has 120 valence electrons. The quantitative estimate of drug-likeness (QED) is 0.927. The topological polar surface area (TPSA) is 53.2 Å². The second kappa shape index (κ2) is 6.03. The molecule has 0 spiro atoms. The van der Waals surface area contributed by atoms with Crippen molar-refractivity contribution >= 4 is 5.91 Å². The number of H-pyrrole nitrogens is 1. The van der Waals surface area contributed by atoms with Crippen LogP contribution in [0.15, 0.2) is 41.3 Å². The number of amides is 1. The van der Waals surface area contributed by atoms with Gasteiger partial charge in [0.05, 0.1) is 11.6 Å². The maximum atomic E-state index is 12.9. The molecular weight excluding hydrogens is 288 g/mol. The number of fused-ring (bicyclic) bond motifs is 1. The molecule has 4 nitrogen and oxygen atoms in total. The van der Waals surface area contributed by atoms with Crippen molar-refractivity contribution in [3.63, 3.8) is 0 Å². The van der Waals surface area contributed by atoms with E-state index in [-0.39, 0.29) is 17.5 Å². The highest BCUT2D eigenvalue weighted by molar-refractivity contribution is 5.94. The zero-order chi connectivity index (χ0) is 16.6. The Morgan fingerprint density at radius 3 is 2.70 bits per heavy atom. The van der Waals surface area contributed by atoms with Gasteiger partial charge in [-0.25, -0.2) is 0 Å². The first-order chi connectivity index (χ1) is 11.0. The first kappa shape index (κ1) is 15.5. The third-order valence-electron chi connectivity index (χ3n) is 4.50. The van der Waals surface area contributed by atoms with Crippen LogP contribution < -0.4 is 5.56 Å². The summed E-state index contributed by atoms with van der Waals surface area (Å²) in [4.78, 5) is 28.6. The van der Waals surface area contributed by atoms with Crippen molar-refractivity contribution in [2.45, 2.75) is 33.2 Å². The lowest BCUT2D eigenvalue weighted by Crippen LogP contribution is -2.42. The first-order valence-electron chi connectivity index (χ1n) is 8.06. The molecule has 1 aliphatic rings. The molecule has 0 saturated carbocycles. The average molecular weight is 310 g/mol. The Labute approximate surface area is 136 Å². The van der Waals surface area contributed by atoms with Crippen LogP contribution in [-0.4, -0.2) is 22.3 Å². The van der Waals surface area contributed by atoms with Gasteiger partial charge in [-0.1, -0.05) is 37.6 Å². The molecule has 1 atom stereocenters. The molecule has 2 aromatic rings. The maximum Gasteiger partial charge on any atom is 0.255 e. The van der Waals surface area contributed by atoms with Crippen molar-refractivity contribution in [3.05, 3.63) is 69.1 Å². The zero-order valence-electron chi connectivity index (χ0n) is 13.8. The summed E-state index contributed by atoms with van der Waals surface area (Å²) in [6.07, 6.45) is 2.38. The molecule has 1 aromatic carbocycles. The predicted molar refractivity (Wildman–Crippen MR) is 90.6 cm³/mol. The highest BCUT2D eigenvalue weighted by atomic mass is 16.2. The van der Waals surface area contributed by atoms with E-state index in [0.29, 0.717) is 18.0 Å². The molecule has 0 aliphatic carbocycles. The van der Waals surface area contributed by atoms with Gasteiger partial charge in [0, 0.05) is 18.8 Å². The number of nitrogens with one attached hydrogen (secondary N) is 1. The van der Waals surface area contributed by atoms with E-state index in [9.17, 15) is 9.59 Å². The largest absolute Gasteiger partial charge is 0.331 e. The second-order valence-corrected chi connectivity index (χ2v) is 6.58. The molecule has 0 radical (unpaired) electrons. The van der Waals surface area contributed by atoms with Gasteiger partial charge in [0.1, 0.15) is 0 Å². The standard InChI is InChI=1S/C19H22N2O2/c1-12(2)18-16-6-4-13(3)10-14(16)8-9-21(18)19(23)15-5-7-17(22)20-11-15/h4-7,10-12,18H,8-9H2,1-3H3,(H,20,22). The number of carbonyl (C=O) groups excluding carboxylic acids is 1. The molecule has 2 heterocycles. The number of aromatic amines is 1. The second-order valence-electron chi connectivity index (χ2n) is 6.58. The third-order valence-corrected chi connectivity index (χ3v) is 4.50. The third kappa shape index (κ3) is 2.93. The van der Waals surface area contributed by atoms with Crippen LogP contribution >= 0.6 is 0 Å². The number of pyridine rings is 1. The number of aryl methyl sites for hydroxylation is 1. The maximum absolute atomic E-state index is 12.9. The molecule has 1 aromatic heterocycles. The summed E-state index contributed by atoms with van der Waals surface area (Å²) in [5.74, 6) is 0.301. The van der Waals surface area contributed by atoms with E-state index in [1.165, 1.54) is 29.0 Å². The van der Waals surface area contributed by atoms with Crippen LogP contribution in [0.2, 0.25) is 0 Å². The van der Waals surface area contributed by atoms with Crippen LogP contribution in [0.1, 0.15) is 46.9 Å². The Kier molecular flexibility index (Phi) is 4.07. The number of nitrogens with zero attached hydrogens (tertiary/aromatic N) is 1. The molecule has 23 heavy (non-hydrogen) atoms. The lowest BCUT2D eigenvalue weighted by atomic mass is 9.85. The fraction of sp³-hybridized carbons (Fsp3) is 0.368. The minimum atomic E-state index is -0.193. The molecule has 0 bridgehead atoms. The SMILES string of the molecule is Cc1ccc2c(c1)CCN(C(=O)c1ccc(=O)[nH]c1)C2C(C)C. The van der Waals surface area contributed by atoms with Crippen LogP contribution in [0.5, 0.6) is 0 Å². The van der Waals surface area contributed by atoms with Crippen molar-refractivity contribution < 1.29 is 4.79 Å². The van der Waals surface area contributed by atoms with Crippen LogP contribution in [0.4, 0.5) is 0 Å². The molecule has 1 unspecified atom stereocenters. The van der Waals surface area contributed by atoms with Gasteiger partial charge in [0.2, 0.25) is 5.56 Å². The highest BCUT2D eigenvalue weighted by Crippen LogP contribution is 2.36. The highest BCUT2D eigenvalue weighted by Gasteiger charge is 2.33. The zero-order valence-corrected chi connectivity index (χ0v) is 13.8. The summed E-state index contributed by atoms with van der Waals surface area (Å²) >= 11 is 0. The fourth-order valence-electron chi connectivity index (χ4n) is 3.44. The molecule has 4 heteroatoms. The molecular formula is C19H22N2O2. The molecule has 3 rings (SSSR count). The Morgan fingerprint density at radius 2 is 2.04 bits per heavy atom. The summed E-state index contributed by atoms with van der Waals surface area (Å²) in [6, 6.07) is 9.57. The van der Waals surface area contributed by atoms with E-state index in [4.69, 9.17) is 0 Å². The Morgan fingerprint density at radius 1 is 1.26 bits per heavy atom. The molecule has 1 amide bonds. The molecule has 1 N–H and O–H groups in total. The summed E-state index contributed by atoms with van der Waals surface area (Å²) in [5.41, 5.74) is 4.18. The Balaban J connectivity index is 1.99. The number of benzene rings is 1. The van der Waals surface area contributed by atoms with Gasteiger partial charge in [-0.2, -0.15) is 0 Å². The van der Waals surface area contributed by atoms with Gasteiger partial charge in [-0.15, -0.1) is 0 Å². The van der Waals surface area contributed by atoms with E-state index < -0.39 is 0 Å². The van der Waals surface area contributed by atoms with E-state index in [1.54, 1.807) is 6.07 Å². The van der Waals surface area contributed by atoms with Gasteiger partial charge in [0.15, 0.2) is 0 Å². The average Bonchev–Trinajstić information content (AvgIpc) is 2.53. The number of rotatable bonds is 2. The Bertz CT molecular complexity index is 772. The lowest BCUT2D eigenvalue weighted by molar-refractivity contribution is 0.0603. The van der Waals surface area contributed by atoms with Crippen LogP contribution in [0, 0.1) is 12.8 Å². The number of hydrogen-bond donors (Lipinski definition) is 1. The minimum Gasteiger partial charge on any atom is -0.331 e. The molecule has 1 aliphatic heterocycles. The van der Waals surface area contributed by atoms with Crippen LogP contribution in [-0.2, 0) is 6.42 Å². The van der Waals surface area contributed by atoms with Crippen molar-refractivity contribution in [3.8, 4) is 0 Å². The van der Waals surface area contributed by atoms with Gasteiger partial charge in [-0.3, -0.25) is 9.59 Å². The van der Waals surface area contributed by atoms with E-state index in [0.717, 1.165) is 6.42 Å². The van der Waals surface area contributed by atoms with Gasteiger partial charge >= 0.3 is 0 Å². The fourth-order valence-corrected chi connectivity index (χ4v) is 3.44. The first-order valence-corrected chi connectivity index (χ1v) is 8.06.